The largest absolute Gasteiger partial charge is 0.475 e. The van der Waals surface area contributed by atoms with Crippen LogP contribution in [0.1, 0.15) is 22.4 Å². The van der Waals surface area contributed by atoms with Crippen LogP contribution >= 0.6 is 0 Å². The van der Waals surface area contributed by atoms with Gasteiger partial charge in [-0.2, -0.15) is 5.26 Å². The molecule has 0 saturated heterocycles. The quantitative estimate of drug-likeness (QED) is 0.343. The molecule has 0 saturated carbocycles. The number of amides is 1. The van der Waals surface area contributed by atoms with E-state index in [0.29, 0.717) is 17.7 Å². The minimum absolute atomic E-state index is 0.107. The molecule has 1 heterocycles. The number of rotatable bonds is 9. The lowest BCUT2D eigenvalue weighted by molar-refractivity contribution is 0.144. The van der Waals surface area contributed by atoms with Gasteiger partial charge >= 0.3 is 13.2 Å². The minimum atomic E-state index is -1.72. The van der Waals surface area contributed by atoms with Gasteiger partial charge < -0.3 is 20.1 Å². The molecule has 0 aliphatic rings. The summed E-state index contributed by atoms with van der Waals surface area (Å²) in [4.78, 5) is 20.1. The van der Waals surface area contributed by atoms with E-state index in [4.69, 9.17) is 4.74 Å². The van der Waals surface area contributed by atoms with Crippen molar-refractivity contribution in [3.8, 4) is 6.07 Å². The van der Waals surface area contributed by atoms with Gasteiger partial charge in [-0.15, -0.1) is 0 Å². The number of nitrogens with zero attached hydrogens (tertiary/aromatic N) is 3. The average molecular weight is 442 g/mol. The Morgan fingerprint density at radius 2 is 1.94 bits per heavy atom. The van der Waals surface area contributed by atoms with Gasteiger partial charge in [0.25, 0.3) is 0 Å². The second kappa shape index (κ2) is 12.1. The first-order valence-electron chi connectivity index (χ1n) is 10.4. The molecule has 0 radical (unpaired) electrons. The van der Waals surface area contributed by atoms with Gasteiger partial charge in [0.1, 0.15) is 12.4 Å². The lowest BCUT2D eigenvalue weighted by atomic mass is 9.76. The molecule has 0 fully saturated rings. The molecule has 3 N–H and O–H groups in total. The molecule has 1 atom stereocenters. The van der Waals surface area contributed by atoms with E-state index in [-0.39, 0.29) is 13.0 Å². The van der Waals surface area contributed by atoms with Crippen molar-refractivity contribution < 1.29 is 19.6 Å². The minimum Gasteiger partial charge on any atom is -0.449 e. The van der Waals surface area contributed by atoms with Crippen LogP contribution in [0.15, 0.2) is 73.2 Å². The molecule has 3 rings (SSSR count). The molecule has 3 aromatic rings. The normalized spacial score (nSPS) is 11.8. The SMILES string of the molecule is N#CC(=Cc1cccc(CCOC(=O)NC(Cc2ccccc2)B(O)O)c1)c1ccncn1. The lowest BCUT2D eigenvalue weighted by Gasteiger charge is -2.17. The van der Waals surface area contributed by atoms with Gasteiger partial charge in [0, 0.05) is 12.6 Å². The lowest BCUT2D eigenvalue weighted by Crippen LogP contribution is -2.48. The van der Waals surface area contributed by atoms with Gasteiger partial charge in [-0.05, 0) is 35.3 Å². The fourth-order valence-electron chi connectivity index (χ4n) is 3.17. The Balaban J connectivity index is 1.54. The molecule has 0 bridgehead atoms. The topological polar surface area (TPSA) is 128 Å². The number of carbonyl (C=O) groups excluding carboxylic acids is 1. The van der Waals surface area contributed by atoms with Crippen molar-refractivity contribution in [2.24, 2.45) is 0 Å². The third-order valence-electron chi connectivity index (χ3n) is 4.83. The van der Waals surface area contributed by atoms with Crippen LogP contribution in [0.2, 0.25) is 0 Å². The van der Waals surface area contributed by atoms with Gasteiger partial charge in [-0.25, -0.2) is 14.8 Å². The third-order valence-corrected chi connectivity index (χ3v) is 4.83. The maximum Gasteiger partial charge on any atom is 0.475 e. The monoisotopic (exact) mass is 442 g/mol. The number of hydrogen-bond donors (Lipinski definition) is 3. The van der Waals surface area contributed by atoms with Crippen LogP contribution in [-0.4, -0.2) is 45.8 Å². The van der Waals surface area contributed by atoms with Gasteiger partial charge in [0.2, 0.25) is 0 Å². The molecular formula is C24H23BN4O4. The van der Waals surface area contributed by atoms with Gasteiger partial charge in [0.05, 0.1) is 23.8 Å². The molecule has 166 valence electrons. The maximum atomic E-state index is 12.1. The van der Waals surface area contributed by atoms with Crippen molar-refractivity contribution in [2.45, 2.75) is 18.8 Å². The van der Waals surface area contributed by atoms with Crippen LogP contribution in [0.25, 0.3) is 11.6 Å². The van der Waals surface area contributed by atoms with Gasteiger partial charge in [0.15, 0.2) is 0 Å². The van der Waals surface area contributed by atoms with E-state index in [1.165, 1.54) is 6.33 Å². The summed E-state index contributed by atoms with van der Waals surface area (Å²) in [7, 11) is -1.72. The zero-order valence-corrected chi connectivity index (χ0v) is 17.8. The van der Waals surface area contributed by atoms with Crippen molar-refractivity contribution in [1.29, 1.82) is 5.26 Å². The molecule has 1 unspecified atom stereocenters. The zero-order chi connectivity index (χ0) is 23.5. The van der Waals surface area contributed by atoms with Crippen molar-refractivity contribution in [3.05, 3.63) is 95.6 Å². The number of ether oxygens (including phenoxy) is 1. The van der Waals surface area contributed by atoms with Crippen LogP contribution in [0.3, 0.4) is 0 Å². The Bertz CT molecular complexity index is 1120. The van der Waals surface area contributed by atoms with Crippen molar-refractivity contribution in [1.82, 2.24) is 15.3 Å². The first-order chi connectivity index (χ1) is 16.0. The number of allylic oxidation sites excluding steroid dienone is 1. The number of nitrogens with one attached hydrogen (secondary N) is 1. The smallest absolute Gasteiger partial charge is 0.449 e. The Morgan fingerprint density at radius 3 is 2.64 bits per heavy atom. The van der Waals surface area contributed by atoms with E-state index in [2.05, 4.69) is 21.4 Å². The van der Waals surface area contributed by atoms with E-state index >= 15 is 0 Å². The van der Waals surface area contributed by atoms with E-state index < -0.39 is 19.2 Å². The second-order valence-corrected chi connectivity index (χ2v) is 7.25. The summed E-state index contributed by atoms with van der Waals surface area (Å²) in [6, 6.07) is 20.5. The van der Waals surface area contributed by atoms with Gasteiger partial charge in [-0.3, -0.25) is 0 Å². The number of benzene rings is 2. The standard InChI is InChI=1S/C24H23BN4O4/c26-16-21(22-9-11-27-17-28-22)14-20-8-4-7-19(13-20)10-12-33-24(30)29-23(25(31)32)15-18-5-2-1-3-6-18/h1-9,11,13-14,17,23,31-32H,10,12,15H2,(H,29,30). The fraction of sp³-hybridized carbons (Fsp3) is 0.167. The average Bonchev–Trinajstić information content (AvgIpc) is 2.83. The zero-order valence-electron chi connectivity index (χ0n) is 17.8. The second-order valence-electron chi connectivity index (χ2n) is 7.25. The summed E-state index contributed by atoms with van der Waals surface area (Å²) in [5.74, 6) is -0.889. The summed E-state index contributed by atoms with van der Waals surface area (Å²) in [6.07, 6.45) is 4.68. The van der Waals surface area contributed by atoms with E-state index in [1.807, 2.05) is 54.6 Å². The molecule has 1 aromatic heterocycles. The first kappa shape index (κ1) is 23.7. The molecule has 0 aliphatic heterocycles. The summed E-state index contributed by atoms with van der Waals surface area (Å²) >= 11 is 0. The van der Waals surface area contributed by atoms with Crippen molar-refractivity contribution in [3.63, 3.8) is 0 Å². The van der Waals surface area contributed by atoms with Crippen LogP contribution in [0, 0.1) is 11.3 Å². The van der Waals surface area contributed by atoms with Gasteiger partial charge in [-0.1, -0.05) is 54.6 Å². The number of alkyl carbamates (subject to hydrolysis) is 1. The first-order valence-corrected chi connectivity index (χ1v) is 10.4. The number of carbonyl (C=O) groups is 1. The van der Waals surface area contributed by atoms with Crippen molar-refractivity contribution >= 4 is 24.9 Å². The Morgan fingerprint density at radius 1 is 1.15 bits per heavy atom. The Kier molecular flexibility index (Phi) is 8.71. The number of hydrogen-bond acceptors (Lipinski definition) is 7. The summed E-state index contributed by atoms with van der Waals surface area (Å²) in [5, 5.41) is 31.1. The molecule has 8 nitrogen and oxygen atoms in total. The molecule has 2 aromatic carbocycles. The summed E-state index contributed by atoms with van der Waals surface area (Å²) in [5.41, 5.74) is 3.55. The Hall–Kier alpha value is -4.00. The summed E-state index contributed by atoms with van der Waals surface area (Å²) in [6.45, 7) is 0.107. The van der Waals surface area contributed by atoms with Crippen LogP contribution in [0.5, 0.6) is 0 Å². The van der Waals surface area contributed by atoms with E-state index in [1.54, 1.807) is 18.3 Å². The van der Waals surface area contributed by atoms with Crippen molar-refractivity contribution in [2.75, 3.05) is 6.61 Å². The van der Waals surface area contributed by atoms with E-state index in [0.717, 1.165) is 16.7 Å². The number of nitriles is 1. The maximum absolute atomic E-state index is 12.1. The molecule has 9 heteroatoms. The molecular weight excluding hydrogens is 419 g/mol. The summed E-state index contributed by atoms with van der Waals surface area (Å²) < 4.78 is 5.22. The van der Waals surface area contributed by atoms with Crippen LogP contribution in [-0.2, 0) is 17.6 Å². The molecule has 0 spiro atoms. The Labute approximate surface area is 192 Å². The predicted octanol–water partition coefficient (Wildman–Crippen LogP) is 2.43. The predicted molar refractivity (Wildman–Crippen MR) is 124 cm³/mol. The fourth-order valence-corrected chi connectivity index (χ4v) is 3.17. The highest BCUT2D eigenvalue weighted by Gasteiger charge is 2.26. The molecule has 0 aliphatic carbocycles. The van der Waals surface area contributed by atoms with Crippen LogP contribution < -0.4 is 5.32 Å². The van der Waals surface area contributed by atoms with Crippen LogP contribution in [0.4, 0.5) is 4.79 Å². The highest BCUT2D eigenvalue weighted by Crippen LogP contribution is 2.16. The highest BCUT2D eigenvalue weighted by molar-refractivity contribution is 6.43. The highest BCUT2D eigenvalue weighted by atomic mass is 16.5. The molecule has 1 amide bonds. The van der Waals surface area contributed by atoms with E-state index in [9.17, 15) is 20.1 Å². The molecule has 33 heavy (non-hydrogen) atoms. The third kappa shape index (κ3) is 7.57. The number of aromatic nitrogens is 2.